The molecule has 0 atom stereocenters. The maximum Gasteiger partial charge on any atom is 0.255 e. The highest BCUT2D eigenvalue weighted by atomic mass is 16.1. The van der Waals surface area contributed by atoms with Crippen LogP contribution in [0.5, 0.6) is 0 Å². The Kier molecular flexibility index (Phi) is 5.94. The summed E-state index contributed by atoms with van der Waals surface area (Å²) >= 11 is 0. The maximum absolute atomic E-state index is 13.4. The van der Waals surface area contributed by atoms with E-state index in [1.165, 1.54) is 0 Å². The van der Waals surface area contributed by atoms with Crippen LogP contribution in [0.1, 0.15) is 37.5 Å². The van der Waals surface area contributed by atoms with Crippen LogP contribution < -0.4 is 11.1 Å². The van der Waals surface area contributed by atoms with Crippen LogP contribution in [0.4, 0.5) is 5.82 Å². The van der Waals surface area contributed by atoms with Crippen molar-refractivity contribution in [3.8, 4) is 11.1 Å². The topological polar surface area (TPSA) is 104 Å². The van der Waals surface area contributed by atoms with Crippen LogP contribution in [-0.2, 0) is 6.42 Å². The molecular formula is C29H26N4O2. The fourth-order valence-corrected chi connectivity index (χ4v) is 4.52. The van der Waals surface area contributed by atoms with Crippen LogP contribution in [0, 0.1) is 6.92 Å². The van der Waals surface area contributed by atoms with Crippen molar-refractivity contribution in [2.75, 3.05) is 12.3 Å². The lowest BCUT2D eigenvalue weighted by Gasteiger charge is -2.11. The van der Waals surface area contributed by atoms with Crippen molar-refractivity contribution in [2.45, 2.75) is 13.3 Å². The van der Waals surface area contributed by atoms with Gasteiger partial charge in [-0.1, -0.05) is 72.8 Å². The van der Waals surface area contributed by atoms with Gasteiger partial charge in [0.1, 0.15) is 5.82 Å². The maximum atomic E-state index is 13.4. The van der Waals surface area contributed by atoms with Crippen molar-refractivity contribution in [1.29, 1.82) is 0 Å². The SMILES string of the molecule is Cc1ccccc1-c1c(C(=O)c2ccccc2)[nH]c(N)c1C(=O)NCCc1c[nH]c2ccccc12. The van der Waals surface area contributed by atoms with E-state index >= 15 is 0 Å². The molecule has 0 saturated heterocycles. The van der Waals surface area contributed by atoms with Crippen molar-refractivity contribution in [2.24, 2.45) is 0 Å². The Bertz CT molecular complexity index is 1530. The Morgan fingerprint density at radius 2 is 1.63 bits per heavy atom. The van der Waals surface area contributed by atoms with Crippen molar-refractivity contribution < 1.29 is 9.59 Å². The third-order valence-electron chi connectivity index (χ3n) is 6.29. The summed E-state index contributed by atoms with van der Waals surface area (Å²) in [7, 11) is 0. The van der Waals surface area contributed by atoms with Crippen LogP contribution in [0.15, 0.2) is 85.1 Å². The van der Waals surface area contributed by atoms with E-state index in [1.807, 2.05) is 73.8 Å². The molecule has 0 bridgehead atoms. The highest BCUT2D eigenvalue weighted by Gasteiger charge is 2.27. The number of aromatic amines is 2. The van der Waals surface area contributed by atoms with Gasteiger partial charge in [-0.25, -0.2) is 0 Å². The van der Waals surface area contributed by atoms with Crippen LogP contribution in [0.2, 0.25) is 0 Å². The summed E-state index contributed by atoms with van der Waals surface area (Å²) in [6.45, 7) is 2.38. The zero-order chi connectivity index (χ0) is 24.4. The molecule has 174 valence electrons. The number of hydrogen-bond donors (Lipinski definition) is 4. The number of H-pyrrole nitrogens is 2. The zero-order valence-electron chi connectivity index (χ0n) is 19.4. The van der Waals surface area contributed by atoms with E-state index in [1.54, 1.807) is 12.1 Å². The fourth-order valence-electron chi connectivity index (χ4n) is 4.52. The Morgan fingerprint density at radius 3 is 2.43 bits per heavy atom. The number of para-hydroxylation sites is 1. The van der Waals surface area contributed by atoms with Crippen LogP contribution in [-0.4, -0.2) is 28.2 Å². The number of hydrogen-bond acceptors (Lipinski definition) is 3. The number of anilines is 1. The van der Waals surface area contributed by atoms with Gasteiger partial charge in [0, 0.05) is 34.8 Å². The predicted octanol–water partition coefficient (Wildman–Crippen LogP) is 5.26. The standard InChI is InChI=1S/C29H26N4O2/c1-18-9-5-6-12-21(18)24-25(28(30)33-26(24)27(34)19-10-3-2-4-11-19)29(35)31-16-15-20-17-32-23-14-8-7-13-22(20)23/h2-14,17,32-33H,15-16,30H2,1H3,(H,31,35). The second-order valence-electron chi connectivity index (χ2n) is 8.54. The second kappa shape index (κ2) is 9.35. The first-order valence-electron chi connectivity index (χ1n) is 11.5. The molecular weight excluding hydrogens is 436 g/mol. The molecule has 5 aromatic rings. The first-order valence-corrected chi connectivity index (χ1v) is 11.5. The lowest BCUT2D eigenvalue weighted by molar-refractivity contribution is 0.0955. The number of nitrogens with two attached hydrogens (primary N) is 1. The Hall–Kier alpha value is -4.58. The zero-order valence-corrected chi connectivity index (χ0v) is 19.4. The van der Waals surface area contributed by atoms with Crippen LogP contribution in [0.25, 0.3) is 22.0 Å². The van der Waals surface area contributed by atoms with E-state index in [0.717, 1.165) is 27.6 Å². The number of carbonyl (C=O) groups is 2. The second-order valence-corrected chi connectivity index (χ2v) is 8.54. The van der Waals surface area contributed by atoms with Gasteiger partial charge in [-0.15, -0.1) is 0 Å². The predicted molar refractivity (Wildman–Crippen MR) is 140 cm³/mol. The number of aryl methyl sites for hydroxylation is 1. The molecule has 2 aromatic heterocycles. The summed E-state index contributed by atoms with van der Waals surface area (Å²) in [6.07, 6.45) is 2.63. The van der Waals surface area contributed by atoms with Gasteiger partial charge in [0.05, 0.1) is 11.3 Å². The average Bonchev–Trinajstić information content (AvgIpc) is 3.45. The van der Waals surface area contributed by atoms with E-state index in [9.17, 15) is 9.59 Å². The number of amides is 1. The van der Waals surface area contributed by atoms with E-state index < -0.39 is 0 Å². The number of nitrogen functional groups attached to an aromatic ring is 1. The number of benzene rings is 3. The average molecular weight is 463 g/mol. The molecule has 1 amide bonds. The van der Waals surface area contributed by atoms with Gasteiger partial charge in [-0.05, 0) is 36.1 Å². The van der Waals surface area contributed by atoms with E-state index in [4.69, 9.17) is 5.73 Å². The minimum absolute atomic E-state index is 0.173. The van der Waals surface area contributed by atoms with Gasteiger partial charge in [0.15, 0.2) is 0 Å². The number of aromatic nitrogens is 2. The molecule has 6 nitrogen and oxygen atoms in total. The summed E-state index contributed by atoms with van der Waals surface area (Å²) in [5.74, 6) is -0.357. The number of fused-ring (bicyclic) bond motifs is 1. The molecule has 0 saturated carbocycles. The first kappa shape index (κ1) is 22.2. The Morgan fingerprint density at radius 1 is 0.914 bits per heavy atom. The molecule has 3 aromatic carbocycles. The van der Waals surface area contributed by atoms with Gasteiger partial charge in [0.25, 0.3) is 5.91 Å². The van der Waals surface area contributed by atoms with Crippen molar-refractivity contribution in [3.63, 3.8) is 0 Å². The van der Waals surface area contributed by atoms with E-state index in [-0.39, 0.29) is 23.1 Å². The molecule has 0 radical (unpaired) electrons. The molecule has 0 fully saturated rings. The third-order valence-corrected chi connectivity index (χ3v) is 6.29. The summed E-state index contributed by atoms with van der Waals surface area (Å²) < 4.78 is 0. The number of carbonyl (C=O) groups excluding carboxylic acids is 2. The highest BCUT2D eigenvalue weighted by molar-refractivity contribution is 6.17. The van der Waals surface area contributed by atoms with Crippen LogP contribution >= 0.6 is 0 Å². The van der Waals surface area contributed by atoms with Gasteiger partial charge < -0.3 is 21.0 Å². The number of ketones is 1. The van der Waals surface area contributed by atoms with Gasteiger partial charge >= 0.3 is 0 Å². The molecule has 35 heavy (non-hydrogen) atoms. The first-order chi connectivity index (χ1) is 17.0. The smallest absolute Gasteiger partial charge is 0.255 e. The third kappa shape index (κ3) is 4.22. The van der Waals surface area contributed by atoms with Crippen molar-refractivity contribution in [1.82, 2.24) is 15.3 Å². The van der Waals surface area contributed by atoms with Gasteiger partial charge in [-0.3, -0.25) is 9.59 Å². The summed E-state index contributed by atoms with van der Waals surface area (Å²) in [6, 6.07) is 24.7. The minimum Gasteiger partial charge on any atom is -0.385 e. The molecule has 5 rings (SSSR count). The quantitative estimate of drug-likeness (QED) is 0.248. The molecule has 6 heteroatoms. The molecule has 5 N–H and O–H groups in total. The molecule has 0 aliphatic rings. The highest BCUT2D eigenvalue weighted by Crippen LogP contribution is 2.35. The molecule has 0 unspecified atom stereocenters. The monoisotopic (exact) mass is 462 g/mol. The normalized spacial score (nSPS) is 11.0. The number of nitrogens with one attached hydrogen (secondary N) is 3. The van der Waals surface area contributed by atoms with E-state index in [2.05, 4.69) is 21.4 Å². The van der Waals surface area contributed by atoms with Gasteiger partial charge in [0.2, 0.25) is 5.78 Å². The Labute approximate surface area is 203 Å². The minimum atomic E-state index is -0.316. The lowest BCUT2D eigenvalue weighted by atomic mass is 9.93. The molecule has 0 aliphatic heterocycles. The van der Waals surface area contributed by atoms with Crippen molar-refractivity contribution >= 4 is 28.4 Å². The summed E-state index contributed by atoms with van der Waals surface area (Å²) in [5.41, 5.74) is 11.9. The van der Waals surface area contributed by atoms with Gasteiger partial charge in [-0.2, -0.15) is 0 Å². The largest absolute Gasteiger partial charge is 0.385 e. The Balaban J connectivity index is 1.48. The number of rotatable bonds is 7. The fraction of sp³-hybridized carbons (Fsp3) is 0.103. The summed E-state index contributed by atoms with van der Waals surface area (Å²) in [4.78, 5) is 33.1. The van der Waals surface area contributed by atoms with Crippen molar-refractivity contribution in [3.05, 3.63) is 113 Å². The molecule has 0 aliphatic carbocycles. The molecule has 0 spiro atoms. The summed E-state index contributed by atoms with van der Waals surface area (Å²) in [5, 5.41) is 4.14. The van der Waals surface area contributed by atoms with Crippen LogP contribution in [0.3, 0.4) is 0 Å². The van der Waals surface area contributed by atoms with E-state index in [0.29, 0.717) is 29.8 Å². The molecule has 2 heterocycles. The lowest BCUT2D eigenvalue weighted by Crippen LogP contribution is -2.26.